The fraction of sp³-hybridized carbons (Fsp3) is 0.565. The summed E-state index contributed by atoms with van der Waals surface area (Å²) in [6, 6.07) is 10.4. The van der Waals surface area contributed by atoms with Crippen LogP contribution in [0.15, 0.2) is 39.8 Å². The second-order valence-corrected chi connectivity index (χ2v) is 7.56. The van der Waals surface area contributed by atoms with Gasteiger partial charge in [-0.3, -0.25) is 0 Å². The average molecular weight is 543 g/mol. The minimum atomic E-state index is 0. The van der Waals surface area contributed by atoms with Crippen LogP contribution in [0.1, 0.15) is 62.6 Å². The van der Waals surface area contributed by atoms with Crippen molar-refractivity contribution in [3.05, 3.63) is 47.3 Å². The van der Waals surface area contributed by atoms with Crippen molar-refractivity contribution in [1.29, 1.82) is 0 Å². The number of halogens is 1. The molecule has 7 nitrogen and oxygen atoms in total. The maximum Gasteiger partial charge on any atom is 0.191 e. The number of benzene rings is 1. The van der Waals surface area contributed by atoms with Crippen LogP contribution in [0.4, 0.5) is 0 Å². The van der Waals surface area contributed by atoms with Crippen molar-refractivity contribution in [3.63, 3.8) is 0 Å². The van der Waals surface area contributed by atoms with Crippen LogP contribution in [0.3, 0.4) is 0 Å². The molecule has 0 spiro atoms. The van der Waals surface area contributed by atoms with E-state index in [0.29, 0.717) is 12.5 Å². The third kappa shape index (κ3) is 8.33. The molecule has 2 aromatic rings. The SMILES string of the molecule is CCNC(=NCc1cc(C(CC)CC)no1)NCC(c1ccc(OC)cc1)N(C)C.I. The first-order valence-corrected chi connectivity index (χ1v) is 10.8. The third-order valence-electron chi connectivity index (χ3n) is 5.31. The predicted molar refractivity (Wildman–Crippen MR) is 137 cm³/mol. The van der Waals surface area contributed by atoms with Gasteiger partial charge in [-0.2, -0.15) is 0 Å². The van der Waals surface area contributed by atoms with E-state index in [1.807, 2.05) is 18.2 Å². The Morgan fingerprint density at radius 3 is 2.35 bits per heavy atom. The van der Waals surface area contributed by atoms with Crippen molar-refractivity contribution in [2.24, 2.45) is 4.99 Å². The number of nitrogens with one attached hydrogen (secondary N) is 2. The molecular formula is C23H38IN5O2. The van der Waals surface area contributed by atoms with Crippen LogP contribution in [0, 0.1) is 0 Å². The van der Waals surface area contributed by atoms with E-state index in [9.17, 15) is 0 Å². The number of hydrogen-bond donors (Lipinski definition) is 2. The molecule has 0 bridgehead atoms. The molecule has 1 atom stereocenters. The van der Waals surface area contributed by atoms with Gasteiger partial charge in [-0.05, 0) is 51.6 Å². The van der Waals surface area contributed by atoms with Gasteiger partial charge in [-0.1, -0.05) is 31.1 Å². The Kier molecular flexibility index (Phi) is 12.5. The Morgan fingerprint density at radius 2 is 1.81 bits per heavy atom. The summed E-state index contributed by atoms with van der Waals surface area (Å²) in [6.45, 7) is 8.38. The van der Waals surface area contributed by atoms with E-state index in [1.54, 1.807) is 7.11 Å². The number of aromatic nitrogens is 1. The quantitative estimate of drug-likeness (QED) is 0.246. The molecule has 1 heterocycles. The van der Waals surface area contributed by atoms with Crippen LogP contribution < -0.4 is 15.4 Å². The van der Waals surface area contributed by atoms with Crippen molar-refractivity contribution in [1.82, 2.24) is 20.7 Å². The molecule has 1 aromatic carbocycles. The second kappa shape index (κ2) is 14.3. The van der Waals surface area contributed by atoms with E-state index < -0.39 is 0 Å². The molecule has 31 heavy (non-hydrogen) atoms. The van der Waals surface area contributed by atoms with E-state index in [-0.39, 0.29) is 30.0 Å². The van der Waals surface area contributed by atoms with Crippen LogP contribution >= 0.6 is 24.0 Å². The molecule has 2 N–H and O–H groups in total. The van der Waals surface area contributed by atoms with Crippen molar-refractivity contribution < 1.29 is 9.26 Å². The number of nitrogens with zero attached hydrogens (tertiary/aromatic N) is 3. The van der Waals surface area contributed by atoms with Crippen LogP contribution in [0.25, 0.3) is 0 Å². The van der Waals surface area contributed by atoms with Crippen LogP contribution in [-0.2, 0) is 6.54 Å². The monoisotopic (exact) mass is 543 g/mol. The lowest BCUT2D eigenvalue weighted by molar-refractivity contribution is 0.298. The number of rotatable bonds is 11. The van der Waals surface area contributed by atoms with E-state index >= 15 is 0 Å². The molecule has 0 amide bonds. The first kappa shape index (κ1) is 27.2. The molecule has 0 saturated carbocycles. The average Bonchev–Trinajstić information content (AvgIpc) is 3.22. The molecule has 0 aliphatic rings. The normalized spacial score (nSPS) is 12.6. The summed E-state index contributed by atoms with van der Waals surface area (Å²) < 4.78 is 10.8. The molecule has 0 fully saturated rings. The molecule has 0 aliphatic heterocycles. The van der Waals surface area contributed by atoms with Crippen molar-refractivity contribution in [2.75, 3.05) is 34.3 Å². The van der Waals surface area contributed by atoms with E-state index in [2.05, 4.69) is 72.7 Å². The predicted octanol–water partition coefficient (Wildman–Crippen LogP) is 4.56. The number of likely N-dealkylation sites (N-methyl/N-ethyl adjacent to an activating group) is 1. The maximum atomic E-state index is 5.50. The molecule has 0 saturated heterocycles. The fourth-order valence-electron chi connectivity index (χ4n) is 3.42. The zero-order valence-electron chi connectivity index (χ0n) is 19.6. The minimum absolute atomic E-state index is 0. The molecule has 0 radical (unpaired) electrons. The molecule has 0 aliphatic carbocycles. The maximum absolute atomic E-state index is 5.50. The van der Waals surface area contributed by atoms with Crippen LogP contribution in [-0.4, -0.2) is 50.3 Å². The van der Waals surface area contributed by atoms with E-state index in [4.69, 9.17) is 9.26 Å². The molecule has 174 valence electrons. The zero-order chi connectivity index (χ0) is 21.9. The number of methoxy groups -OCH3 is 1. The highest BCUT2D eigenvalue weighted by Gasteiger charge is 2.16. The Morgan fingerprint density at radius 1 is 1.13 bits per heavy atom. The standard InChI is InChI=1S/C23H37N5O2.HI/c1-7-17(8-2)21-14-20(30-27-21)15-25-23(24-9-3)26-16-22(28(4)5)18-10-12-19(29-6)13-11-18;/h10-14,17,22H,7-9,15-16H2,1-6H3,(H2,24,25,26);1H. The zero-order valence-corrected chi connectivity index (χ0v) is 22.0. The molecular weight excluding hydrogens is 505 g/mol. The largest absolute Gasteiger partial charge is 0.497 e. The van der Waals surface area contributed by atoms with Gasteiger partial charge in [0.25, 0.3) is 0 Å². The van der Waals surface area contributed by atoms with E-state index in [1.165, 1.54) is 5.56 Å². The smallest absolute Gasteiger partial charge is 0.191 e. The Hall–Kier alpha value is -1.81. The Labute approximate surface area is 204 Å². The van der Waals surface area contributed by atoms with Gasteiger partial charge in [0.15, 0.2) is 11.7 Å². The van der Waals surface area contributed by atoms with Gasteiger partial charge >= 0.3 is 0 Å². The summed E-state index contributed by atoms with van der Waals surface area (Å²) in [5.41, 5.74) is 2.24. The molecule has 2 rings (SSSR count). The Bertz CT molecular complexity index is 773. The van der Waals surface area contributed by atoms with E-state index in [0.717, 1.165) is 49.1 Å². The first-order chi connectivity index (χ1) is 14.5. The van der Waals surface area contributed by atoms with Gasteiger partial charge < -0.3 is 24.8 Å². The van der Waals surface area contributed by atoms with Gasteiger partial charge in [0.05, 0.1) is 18.8 Å². The summed E-state index contributed by atoms with van der Waals surface area (Å²) in [5, 5.41) is 11.0. The highest BCUT2D eigenvalue weighted by molar-refractivity contribution is 14.0. The van der Waals surface area contributed by atoms with Gasteiger partial charge in [0.1, 0.15) is 12.3 Å². The topological polar surface area (TPSA) is 74.9 Å². The number of ether oxygens (including phenoxy) is 1. The fourth-order valence-corrected chi connectivity index (χ4v) is 3.42. The van der Waals surface area contributed by atoms with Crippen molar-refractivity contribution >= 4 is 29.9 Å². The minimum Gasteiger partial charge on any atom is -0.497 e. The molecule has 8 heteroatoms. The lowest BCUT2D eigenvalue weighted by Crippen LogP contribution is -2.41. The lowest BCUT2D eigenvalue weighted by Gasteiger charge is -2.26. The number of hydrogen-bond acceptors (Lipinski definition) is 5. The lowest BCUT2D eigenvalue weighted by atomic mass is 9.99. The number of aliphatic imine (C=N–C) groups is 1. The van der Waals surface area contributed by atoms with Gasteiger partial charge in [-0.15, -0.1) is 24.0 Å². The molecule has 1 aromatic heterocycles. The van der Waals surface area contributed by atoms with Crippen LogP contribution in [0.2, 0.25) is 0 Å². The van der Waals surface area contributed by atoms with Gasteiger partial charge in [0, 0.05) is 25.1 Å². The summed E-state index contributed by atoms with van der Waals surface area (Å²) in [4.78, 5) is 6.87. The first-order valence-electron chi connectivity index (χ1n) is 10.8. The highest BCUT2D eigenvalue weighted by atomic mass is 127. The Balaban J connectivity index is 0.00000480. The van der Waals surface area contributed by atoms with Crippen LogP contribution in [0.5, 0.6) is 5.75 Å². The van der Waals surface area contributed by atoms with Gasteiger partial charge in [-0.25, -0.2) is 4.99 Å². The summed E-state index contributed by atoms with van der Waals surface area (Å²) in [7, 11) is 5.84. The van der Waals surface area contributed by atoms with Crippen molar-refractivity contribution in [3.8, 4) is 5.75 Å². The van der Waals surface area contributed by atoms with Gasteiger partial charge in [0.2, 0.25) is 0 Å². The second-order valence-electron chi connectivity index (χ2n) is 7.56. The highest BCUT2D eigenvalue weighted by Crippen LogP contribution is 2.23. The van der Waals surface area contributed by atoms with Crippen molar-refractivity contribution in [2.45, 2.75) is 52.1 Å². The summed E-state index contributed by atoms with van der Waals surface area (Å²) in [6.07, 6.45) is 2.13. The summed E-state index contributed by atoms with van der Waals surface area (Å²) >= 11 is 0. The third-order valence-corrected chi connectivity index (χ3v) is 5.31. The molecule has 1 unspecified atom stereocenters. The summed E-state index contributed by atoms with van der Waals surface area (Å²) in [5.74, 6) is 2.86. The number of guanidine groups is 1.